The summed E-state index contributed by atoms with van der Waals surface area (Å²) in [7, 11) is 0. The Balaban J connectivity index is 1.80. The summed E-state index contributed by atoms with van der Waals surface area (Å²) in [6.07, 6.45) is 5.31. The third-order valence-corrected chi connectivity index (χ3v) is 6.36. The number of nitriles is 1. The highest BCUT2D eigenvalue weighted by atomic mass is 79.9. The molecule has 1 amide bonds. The lowest BCUT2D eigenvalue weighted by Gasteiger charge is -2.18. The summed E-state index contributed by atoms with van der Waals surface area (Å²) in [6.45, 7) is 4.37. The molecule has 1 aliphatic carbocycles. The van der Waals surface area contributed by atoms with Crippen LogP contribution in [0.5, 0.6) is 0 Å². The largest absolute Gasteiger partial charge is 0.325 e. The Hall–Kier alpha value is -1.84. The number of fused-ring (bicyclic) bond motifs is 1. The third-order valence-electron chi connectivity index (χ3n) is 4.83. The number of nitrogens with one attached hydrogen (secondary N) is 2. The van der Waals surface area contributed by atoms with Crippen LogP contribution < -0.4 is 10.3 Å². The van der Waals surface area contributed by atoms with Gasteiger partial charge in [-0.1, -0.05) is 29.8 Å². The van der Waals surface area contributed by atoms with Gasteiger partial charge in [0.1, 0.15) is 11.6 Å². The van der Waals surface area contributed by atoms with Crippen LogP contribution in [0.25, 0.3) is 0 Å². The molecule has 0 saturated heterocycles. The smallest absolute Gasteiger partial charge is 0.257 e. The van der Waals surface area contributed by atoms with E-state index in [9.17, 15) is 10.1 Å². The third kappa shape index (κ3) is 5.15. The number of halogens is 1. The maximum absolute atomic E-state index is 12.4. The fourth-order valence-electron chi connectivity index (χ4n) is 3.59. The molecule has 2 N–H and O–H groups in total. The summed E-state index contributed by atoms with van der Waals surface area (Å²) in [5.74, 6) is 0.674. The highest BCUT2D eigenvalue weighted by Gasteiger charge is 2.27. The average Bonchev–Trinajstić information content (AvgIpc) is 2.68. The van der Waals surface area contributed by atoms with Crippen molar-refractivity contribution in [2.45, 2.75) is 51.0 Å². The van der Waals surface area contributed by atoms with Crippen LogP contribution in [0.15, 0.2) is 33.8 Å². The number of rotatable bonds is 6. The molecule has 28 heavy (non-hydrogen) atoms. The van der Waals surface area contributed by atoms with Gasteiger partial charge in [0, 0.05) is 22.1 Å². The second-order valence-corrected chi connectivity index (χ2v) is 9.43. The van der Waals surface area contributed by atoms with Crippen LogP contribution >= 0.6 is 27.7 Å². The Labute approximate surface area is 179 Å². The number of benzene rings is 1. The van der Waals surface area contributed by atoms with Crippen LogP contribution in [-0.4, -0.2) is 11.7 Å². The molecule has 3 rings (SSSR count). The number of aromatic amines is 1. The zero-order chi connectivity index (χ0) is 20.1. The number of hydrogen-bond donors (Lipinski definition) is 1. The summed E-state index contributed by atoms with van der Waals surface area (Å²) in [6, 6.07) is 9.92. The quantitative estimate of drug-likeness (QED) is 0.622. The van der Waals surface area contributed by atoms with Crippen molar-refractivity contribution in [3.63, 3.8) is 0 Å². The Kier molecular flexibility index (Phi) is 7.14. The first-order chi connectivity index (χ1) is 13.5. The fourth-order valence-corrected chi connectivity index (χ4v) is 4.71. The zero-order valence-corrected chi connectivity index (χ0v) is 18.7. The van der Waals surface area contributed by atoms with Crippen LogP contribution in [0, 0.1) is 17.2 Å². The van der Waals surface area contributed by atoms with Gasteiger partial charge in [-0.05, 0) is 73.2 Å². The van der Waals surface area contributed by atoms with E-state index in [4.69, 9.17) is 0 Å². The number of nitrogens with zero attached hydrogens (tertiary/aromatic N) is 1. The number of anilines is 1. The maximum Gasteiger partial charge on any atom is 0.257 e. The van der Waals surface area contributed by atoms with Crippen molar-refractivity contribution >= 4 is 39.3 Å². The predicted octanol–water partition coefficient (Wildman–Crippen LogP) is 4.94. The van der Waals surface area contributed by atoms with Gasteiger partial charge in [-0.2, -0.15) is 5.26 Å². The second kappa shape index (κ2) is 9.58. The molecule has 0 aliphatic heterocycles. The minimum absolute atomic E-state index is 0.0762. The Morgan fingerprint density at radius 1 is 1.29 bits per heavy atom. The van der Waals surface area contributed by atoms with E-state index >= 15 is 0 Å². The van der Waals surface area contributed by atoms with E-state index in [1.165, 1.54) is 41.4 Å². The topological polar surface area (TPSA) is 67.0 Å². The molecular weight excluding hydrogens is 434 g/mol. The molecule has 0 fully saturated rings. The summed E-state index contributed by atoms with van der Waals surface area (Å²) < 4.78 is 0.972. The highest BCUT2D eigenvalue weighted by molar-refractivity contribution is 9.10. The van der Waals surface area contributed by atoms with Crippen LogP contribution in [0.4, 0.5) is 5.69 Å². The molecular formula is C22H25BrN3OS+. The number of amides is 1. The minimum atomic E-state index is -0.0762. The van der Waals surface area contributed by atoms with Crippen LogP contribution in [0.1, 0.15) is 49.1 Å². The predicted molar refractivity (Wildman–Crippen MR) is 116 cm³/mol. The molecule has 0 saturated carbocycles. The van der Waals surface area contributed by atoms with Crippen molar-refractivity contribution in [2.24, 2.45) is 5.92 Å². The summed E-state index contributed by atoms with van der Waals surface area (Å²) in [4.78, 5) is 15.9. The number of carbonyl (C=O) groups excluding carboxylic acids is 1. The number of carbonyl (C=O) groups is 1. The number of aryl methyl sites for hydroxylation is 1. The van der Waals surface area contributed by atoms with Gasteiger partial charge < -0.3 is 5.32 Å². The second-order valence-electron chi connectivity index (χ2n) is 7.53. The molecule has 0 unspecified atom stereocenters. The molecule has 1 aromatic heterocycles. The minimum Gasteiger partial charge on any atom is -0.325 e. The van der Waals surface area contributed by atoms with Gasteiger partial charge in [0.15, 0.2) is 5.69 Å². The van der Waals surface area contributed by atoms with Crippen molar-refractivity contribution in [1.29, 1.82) is 5.26 Å². The van der Waals surface area contributed by atoms with Gasteiger partial charge in [-0.15, -0.1) is 0 Å². The lowest BCUT2D eigenvalue weighted by molar-refractivity contribution is -0.439. The van der Waals surface area contributed by atoms with Crippen molar-refractivity contribution in [3.8, 4) is 6.07 Å². The lowest BCUT2D eigenvalue weighted by atomic mass is 9.87. The number of pyridine rings is 1. The fraction of sp³-hybridized carbons (Fsp3) is 0.409. The van der Waals surface area contributed by atoms with Crippen molar-refractivity contribution < 1.29 is 9.78 Å². The average molecular weight is 459 g/mol. The Bertz CT molecular complexity index is 903. The molecule has 6 heteroatoms. The standard InChI is InChI=1S/C22H24BrN3OS/c1-14(2)11-18-17-5-3-4-6-20(17)26-22(19(18)12-24)28-13-21(27)25-16-9-7-15(23)8-10-16/h7-10,14H,3-6,11,13H2,1-2H3,(H,25,27)/p+1. The summed E-state index contributed by atoms with van der Waals surface area (Å²) in [5.41, 5.74) is 5.25. The first kappa shape index (κ1) is 20.9. The number of H-pyrrole nitrogens is 1. The van der Waals surface area contributed by atoms with Gasteiger partial charge in [0.2, 0.25) is 5.91 Å². The van der Waals surface area contributed by atoms with E-state index in [2.05, 4.69) is 46.1 Å². The molecule has 0 spiro atoms. The van der Waals surface area contributed by atoms with Crippen molar-refractivity contribution in [2.75, 3.05) is 11.1 Å². The first-order valence-corrected chi connectivity index (χ1v) is 11.4. The maximum atomic E-state index is 12.4. The van der Waals surface area contributed by atoms with Gasteiger partial charge in [0.05, 0.1) is 5.75 Å². The Morgan fingerprint density at radius 3 is 2.68 bits per heavy atom. The van der Waals surface area contributed by atoms with E-state index in [-0.39, 0.29) is 11.7 Å². The molecule has 146 valence electrons. The molecule has 1 aliphatic rings. The van der Waals surface area contributed by atoms with E-state index in [1.54, 1.807) is 0 Å². The molecule has 0 atom stereocenters. The Morgan fingerprint density at radius 2 is 2.00 bits per heavy atom. The normalized spacial score (nSPS) is 13.1. The van der Waals surface area contributed by atoms with Crippen LogP contribution in [0.3, 0.4) is 0 Å². The number of hydrogen-bond acceptors (Lipinski definition) is 3. The van der Waals surface area contributed by atoms with Gasteiger partial charge >= 0.3 is 0 Å². The zero-order valence-electron chi connectivity index (χ0n) is 16.3. The highest BCUT2D eigenvalue weighted by Crippen LogP contribution is 2.30. The molecule has 0 radical (unpaired) electrons. The molecule has 1 aromatic carbocycles. The molecule has 4 nitrogen and oxygen atoms in total. The van der Waals surface area contributed by atoms with Crippen molar-refractivity contribution in [3.05, 3.63) is 51.1 Å². The van der Waals surface area contributed by atoms with Crippen molar-refractivity contribution in [1.82, 2.24) is 0 Å². The summed E-state index contributed by atoms with van der Waals surface area (Å²) in [5, 5.41) is 13.6. The van der Waals surface area contributed by atoms with E-state index in [1.807, 2.05) is 24.3 Å². The SMILES string of the molecule is CC(C)Cc1c(C#N)c(SCC(=O)Nc2ccc(Br)cc2)[nH+]c2c1CCCC2. The molecule has 0 bridgehead atoms. The number of aromatic nitrogens is 1. The van der Waals surface area contributed by atoms with Gasteiger partial charge in [0.25, 0.3) is 5.03 Å². The van der Waals surface area contributed by atoms with E-state index in [0.717, 1.165) is 40.0 Å². The van der Waals surface area contributed by atoms with Crippen LogP contribution in [-0.2, 0) is 24.1 Å². The summed E-state index contributed by atoms with van der Waals surface area (Å²) >= 11 is 4.81. The molecule has 1 heterocycles. The first-order valence-electron chi connectivity index (χ1n) is 9.66. The van der Waals surface area contributed by atoms with E-state index < -0.39 is 0 Å². The van der Waals surface area contributed by atoms with Gasteiger partial charge in [-0.3, -0.25) is 4.79 Å². The van der Waals surface area contributed by atoms with Gasteiger partial charge in [-0.25, -0.2) is 4.98 Å². The lowest BCUT2D eigenvalue weighted by Crippen LogP contribution is -2.26. The van der Waals surface area contributed by atoms with E-state index in [0.29, 0.717) is 5.92 Å². The number of thioether (sulfide) groups is 1. The monoisotopic (exact) mass is 458 g/mol. The van der Waals surface area contributed by atoms with Crippen LogP contribution in [0.2, 0.25) is 0 Å². The molecule has 2 aromatic rings.